The fraction of sp³-hybridized carbons (Fsp3) is 0.333. The number of guanidine groups is 1. The Hall–Kier alpha value is -2.56. The van der Waals surface area contributed by atoms with Crippen molar-refractivity contribution in [2.24, 2.45) is 4.99 Å². The molecule has 1 heterocycles. The number of nitrogens with one attached hydrogen (secondary N) is 2. The largest absolute Gasteiger partial charge is 0.491 e. The van der Waals surface area contributed by atoms with Crippen LogP contribution in [0.4, 0.5) is 0 Å². The molecule has 0 aliphatic rings. The van der Waals surface area contributed by atoms with Crippen LogP contribution in [0, 0.1) is 6.92 Å². The van der Waals surface area contributed by atoms with Gasteiger partial charge in [0.15, 0.2) is 5.96 Å². The Balaban J connectivity index is 1.64. The number of aromatic nitrogens is 1. The Morgan fingerprint density at radius 2 is 1.87 bits per heavy atom. The van der Waals surface area contributed by atoms with Gasteiger partial charge < -0.3 is 15.4 Å². The summed E-state index contributed by atoms with van der Waals surface area (Å²) in [6.07, 6.45) is 2.67. The van der Waals surface area contributed by atoms with E-state index in [1.165, 1.54) is 0 Å². The van der Waals surface area contributed by atoms with Crippen LogP contribution in [0.15, 0.2) is 53.7 Å². The van der Waals surface area contributed by atoms with E-state index in [4.69, 9.17) is 4.74 Å². The summed E-state index contributed by atoms with van der Waals surface area (Å²) in [5.74, 6) is 1.70. The lowest BCUT2D eigenvalue weighted by atomic mass is 10.2. The lowest BCUT2D eigenvalue weighted by Crippen LogP contribution is -2.40. The molecule has 0 aliphatic carbocycles. The van der Waals surface area contributed by atoms with Gasteiger partial charge in [-0.05, 0) is 30.7 Å². The van der Waals surface area contributed by atoms with Gasteiger partial charge in [0.1, 0.15) is 12.4 Å². The number of para-hydroxylation sites is 1. The molecule has 0 amide bonds. The minimum absolute atomic E-state index is 0.589. The van der Waals surface area contributed by atoms with Gasteiger partial charge in [-0.1, -0.05) is 24.3 Å². The molecule has 0 fully saturated rings. The SMILES string of the molecule is CN=C(NCCOc1ccccc1C)NCCc1ccccn1. The summed E-state index contributed by atoms with van der Waals surface area (Å²) in [6, 6.07) is 14.0. The van der Waals surface area contributed by atoms with Crippen LogP contribution in [-0.2, 0) is 6.42 Å². The summed E-state index contributed by atoms with van der Waals surface area (Å²) < 4.78 is 5.75. The maximum atomic E-state index is 5.75. The zero-order valence-corrected chi connectivity index (χ0v) is 13.7. The average Bonchev–Trinajstić information content (AvgIpc) is 2.59. The first-order valence-corrected chi connectivity index (χ1v) is 7.82. The molecule has 0 saturated heterocycles. The third-order valence-corrected chi connectivity index (χ3v) is 3.37. The van der Waals surface area contributed by atoms with Crippen molar-refractivity contribution in [2.75, 3.05) is 26.7 Å². The maximum absolute atomic E-state index is 5.75. The van der Waals surface area contributed by atoms with Gasteiger partial charge in [0.2, 0.25) is 0 Å². The molecule has 1 aromatic heterocycles. The van der Waals surface area contributed by atoms with E-state index in [0.29, 0.717) is 13.2 Å². The Morgan fingerprint density at radius 3 is 2.61 bits per heavy atom. The highest BCUT2D eigenvalue weighted by Crippen LogP contribution is 2.15. The van der Waals surface area contributed by atoms with Crippen LogP contribution in [0.5, 0.6) is 5.75 Å². The molecule has 2 N–H and O–H groups in total. The Kier molecular flexibility index (Phi) is 6.91. The number of aliphatic imine (C=N–C) groups is 1. The molecule has 0 spiro atoms. The van der Waals surface area contributed by atoms with Gasteiger partial charge >= 0.3 is 0 Å². The summed E-state index contributed by atoms with van der Waals surface area (Å²) in [4.78, 5) is 8.50. The third kappa shape index (κ3) is 5.98. The lowest BCUT2D eigenvalue weighted by molar-refractivity contribution is 0.320. The fourth-order valence-corrected chi connectivity index (χ4v) is 2.12. The van der Waals surface area contributed by atoms with Crippen molar-refractivity contribution in [1.29, 1.82) is 0 Å². The van der Waals surface area contributed by atoms with Crippen LogP contribution in [-0.4, -0.2) is 37.7 Å². The zero-order chi connectivity index (χ0) is 16.3. The zero-order valence-electron chi connectivity index (χ0n) is 13.7. The maximum Gasteiger partial charge on any atom is 0.191 e. The van der Waals surface area contributed by atoms with Gasteiger partial charge in [0, 0.05) is 31.9 Å². The van der Waals surface area contributed by atoms with Crippen LogP contribution < -0.4 is 15.4 Å². The van der Waals surface area contributed by atoms with Gasteiger partial charge in [0.25, 0.3) is 0 Å². The summed E-state index contributed by atoms with van der Waals surface area (Å²) in [7, 11) is 1.76. The highest BCUT2D eigenvalue weighted by molar-refractivity contribution is 5.79. The van der Waals surface area contributed by atoms with Crippen molar-refractivity contribution < 1.29 is 4.74 Å². The van der Waals surface area contributed by atoms with E-state index in [2.05, 4.69) is 20.6 Å². The smallest absolute Gasteiger partial charge is 0.191 e. The molecule has 0 bridgehead atoms. The minimum Gasteiger partial charge on any atom is -0.491 e. The molecule has 2 rings (SSSR count). The lowest BCUT2D eigenvalue weighted by Gasteiger charge is -2.13. The summed E-state index contributed by atoms with van der Waals surface area (Å²) in [5, 5.41) is 6.51. The van der Waals surface area contributed by atoms with E-state index in [0.717, 1.165) is 35.9 Å². The van der Waals surface area contributed by atoms with Crippen molar-refractivity contribution in [3.05, 3.63) is 59.9 Å². The van der Waals surface area contributed by atoms with Crippen molar-refractivity contribution in [2.45, 2.75) is 13.3 Å². The van der Waals surface area contributed by atoms with E-state index in [1.54, 1.807) is 7.05 Å². The summed E-state index contributed by atoms with van der Waals surface area (Å²) >= 11 is 0. The van der Waals surface area contributed by atoms with Crippen LogP contribution in [0.1, 0.15) is 11.3 Å². The minimum atomic E-state index is 0.589. The Labute approximate surface area is 137 Å². The predicted molar refractivity (Wildman–Crippen MR) is 94.0 cm³/mol. The van der Waals surface area contributed by atoms with Crippen LogP contribution in [0.3, 0.4) is 0 Å². The van der Waals surface area contributed by atoms with Crippen molar-refractivity contribution in [3.63, 3.8) is 0 Å². The molecule has 0 saturated carbocycles. The highest BCUT2D eigenvalue weighted by atomic mass is 16.5. The molecule has 5 heteroatoms. The predicted octanol–water partition coefficient (Wildman–Crippen LogP) is 2.18. The first-order chi connectivity index (χ1) is 11.3. The number of hydrogen-bond donors (Lipinski definition) is 2. The number of aryl methyl sites for hydroxylation is 1. The van der Waals surface area contributed by atoms with E-state index in [1.807, 2.05) is 55.6 Å². The molecule has 1 aromatic carbocycles. The second kappa shape index (κ2) is 9.46. The molecule has 5 nitrogen and oxygen atoms in total. The molecule has 0 unspecified atom stereocenters. The van der Waals surface area contributed by atoms with Gasteiger partial charge in [-0.15, -0.1) is 0 Å². The monoisotopic (exact) mass is 312 g/mol. The van der Waals surface area contributed by atoms with E-state index < -0.39 is 0 Å². The van der Waals surface area contributed by atoms with Crippen LogP contribution >= 0.6 is 0 Å². The van der Waals surface area contributed by atoms with E-state index >= 15 is 0 Å². The van der Waals surface area contributed by atoms with E-state index in [-0.39, 0.29) is 0 Å². The van der Waals surface area contributed by atoms with Gasteiger partial charge in [0.05, 0.1) is 6.54 Å². The van der Waals surface area contributed by atoms with Crippen molar-refractivity contribution >= 4 is 5.96 Å². The standard InChI is InChI=1S/C18H24N4O/c1-15-7-3-4-9-17(15)23-14-13-22-18(19-2)21-12-10-16-8-5-6-11-20-16/h3-9,11H,10,12-14H2,1-2H3,(H2,19,21,22). The second-order valence-electron chi connectivity index (χ2n) is 5.11. The number of ether oxygens (including phenoxy) is 1. The highest BCUT2D eigenvalue weighted by Gasteiger charge is 2.00. The number of hydrogen-bond acceptors (Lipinski definition) is 3. The first-order valence-electron chi connectivity index (χ1n) is 7.82. The van der Waals surface area contributed by atoms with E-state index in [9.17, 15) is 0 Å². The number of rotatable bonds is 7. The number of benzene rings is 1. The summed E-state index contributed by atoms with van der Waals surface area (Å²) in [5.41, 5.74) is 2.21. The van der Waals surface area contributed by atoms with Crippen molar-refractivity contribution in [3.8, 4) is 5.75 Å². The van der Waals surface area contributed by atoms with Gasteiger partial charge in [-0.3, -0.25) is 9.98 Å². The van der Waals surface area contributed by atoms with Crippen molar-refractivity contribution in [1.82, 2.24) is 15.6 Å². The molecular weight excluding hydrogens is 288 g/mol. The van der Waals surface area contributed by atoms with Gasteiger partial charge in [-0.2, -0.15) is 0 Å². The molecule has 0 atom stereocenters. The third-order valence-electron chi connectivity index (χ3n) is 3.37. The number of nitrogens with zero attached hydrogens (tertiary/aromatic N) is 2. The topological polar surface area (TPSA) is 58.5 Å². The molecule has 2 aromatic rings. The molecule has 0 aliphatic heterocycles. The average molecular weight is 312 g/mol. The number of pyridine rings is 1. The summed E-state index contributed by atoms with van der Waals surface area (Å²) in [6.45, 7) is 4.11. The Bertz CT molecular complexity index is 613. The van der Waals surface area contributed by atoms with Gasteiger partial charge in [-0.25, -0.2) is 0 Å². The van der Waals surface area contributed by atoms with Crippen LogP contribution in [0.2, 0.25) is 0 Å². The van der Waals surface area contributed by atoms with Crippen LogP contribution in [0.25, 0.3) is 0 Å². The molecule has 23 heavy (non-hydrogen) atoms. The Morgan fingerprint density at radius 1 is 1.09 bits per heavy atom. The molecule has 122 valence electrons. The molecule has 0 radical (unpaired) electrons. The first kappa shape index (κ1) is 16.8. The normalized spacial score (nSPS) is 11.1. The quantitative estimate of drug-likeness (QED) is 0.467. The fourth-order valence-electron chi connectivity index (χ4n) is 2.12. The second-order valence-corrected chi connectivity index (χ2v) is 5.11. The molecular formula is C18H24N4O.